The highest BCUT2D eigenvalue weighted by Gasteiger charge is 2.50. The van der Waals surface area contributed by atoms with Crippen LogP contribution in [0.25, 0.3) is 22.3 Å². The van der Waals surface area contributed by atoms with Crippen molar-refractivity contribution in [1.29, 1.82) is 0 Å². The number of aliphatic hydroxyl groups excluding tert-OH is 6. The summed E-state index contributed by atoms with van der Waals surface area (Å²) < 4.78 is 38.8. The number of methoxy groups -OCH3 is 2. The molecule has 7 N–H and O–H groups in total. The van der Waals surface area contributed by atoms with Gasteiger partial charge >= 0.3 is 0 Å². The van der Waals surface area contributed by atoms with E-state index in [4.69, 9.17) is 32.8 Å². The molecule has 0 saturated carbocycles. The molecule has 2 aliphatic rings. The van der Waals surface area contributed by atoms with E-state index in [9.17, 15) is 40.5 Å². The molecule has 2 saturated heterocycles. The van der Waals surface area contributed by atoms with Crippen LogP contribution in [0.4, 0.5) is 0 Å². The Kier molecular flexibility index (Phi) is 9.31. The molecule has 5 rings (SSSR count). The highest BCUT2D eigenvalue weighted by atomic mass is 16.7. The van der Waals surface area contributed by atoms with Crippen molar-refractivity contribution >= 4 is 11.0 Å². The monoisotopic (exact) mass is 622 g/mol. The number of rotatable bonds is 8. The molecule has 0 amide bonds. The number of benzene rings is 2. The fourth-order valence-corrected chi connectivity index (χ4v) is 5.17. The van der Waals surface area contributed by atoms with Crippen molar-refractivity contribution in [2.24, 2.45) is 0 Å². The smallest absolute Gasteiger partial charge is 0.229 e. The highest BCUT2D eigenvalue weighted by molar-refractivity contribution is 5.89. The average Bonchev–Trinajstić information content (AvgIpc) is 3.01. The number of hydrogen-bond acceptors (Lipinski definition) is 15. The maximum absolute atomic E-state index is 13.0. The first-order valence-electron chi connectivity index (χ1n) is 13.7. The average molecular weight is 623 g/mol. The van der Waals surface area contributed by atoms with Crippen molar-refractivity contribution < 1.29 is 68.6 Å². The van der Waals surface area contributed by atoms with Crippen molar-refractivity contribution in [2.45, 2.75) is 68.3 Å². The molecule has 0 radical (unpaired) electrons. The van der Waals surface area contributed by atoms with Crippen molar-refractivity contribution in [3.63, 3.8) is 0 Å². The number of phenolic OH excluding ortho intramolecular Hbond substituents is 1. The first-order valence-corrected chi connectivity index (χ1v) is 13.7. The molecule has 1 aromatic heterocycles. The zero-order chi connectivity index (χ0) is 31.9. The van der Waals surface area contributed by atoms with E-state index in [0.717, 1.165) is 0 Å². The predicted octanol–water partition coefficient (Wildman–Crippen LogP) is -0.787. The summed E-state index contributed by atoms with van der Waals surface area (Å²) in [5.74, 6) is -0.391. The van der Waals surface area contributed by atoms with Crippen LogP contribution in [0.3, 0.4) is 0 Å². The zero-order valence-corrected chi connectivity index (χ0v) is 23.8. The lowest BCUT2D eigenvalue weighted by Crippen LogP contribution is -2.64. The summed E-state index contributed by atoms with van der Waals surface area (Å²) in [4.78, 5) is 13.0. The van der Waals surface area contributed by atoms with Gasteiger partial charge in [0.05, 0.1) is 26.9 Å². The Morgan fingerprint density at radius 1 is 0.841 bits per heavy atom. The Bertz CT molecular complexity index is 1510. The Morgan fingerprint density at radius 2 is 1.52 bits per heavy atom. The molecule has 240 valence electrons. The van der Waals surface area contributed by atoms with Gasteiger partial charge in [0, 0.05) is 17.7 Å². The van der Waals surface area contributed by atoms with Crippen LogP contribution in [0, 0.1) is 0 Å². The normalized spacial score (nSPS) is 32.4. The molecule has 15 heteroatoms. The van der Waals surface area contributed by atoms with Gasteiger partial charge in [-0.1, -0.05) is 0 Å². The molecule has 0 spiro atoms. The SMILES string of the molecule is COc1ccc(-c2cc(=O)c3c(O)c(OC)c(O[C@@H]4O[C@H](CO)[C@@H](O[C@@H]5O[C@@H](C)[C@H](O)[C@@H](O)[C@H]5O)[C@H](O)[C@H]4O)cc3o2)cc1. The number of fused-ring (bicyclic) bond motifs is 1. The lowest BCUT2D eigenvalue weighted by molar-refractivity contribution is -0.349. The molecule has 0 bridgehead atoms. The molecule has 0 unspecified atom stereocenters. The number of aliphatic hydroxyl groups is 6. The highest BCUT2D eigenvalue weighted by Crippen LogP contribution is 2.43. The summed E-state index contributed by atoms with van der Waals surface area (Å²) >= 11 is 0. The summed E-state index contributed by atoms with van der Waals surface area (Å²) in [7, 11) is 2.72. The van der Waals surface area contributed by atoms with Crippen LogP contribution in [0.5, 0.6) is 23.0 Å². The Morgan fingerprint density at radius 3 is 2.16 bits per heavy atom. The Balaban J connectivity index is 1.43. The van der Waals surface area contributed by atoms with Crippen molar-refractivity contribution in [2.75, 3.05) is 20.8 Å². The number of ether oxygens (including phenoxy) is 6. The summed E-state index contributed by atoms with van der Waals surface area (Å²) in [5, 5.41) is 72.9. The first-order chi connectivity index (χ1) is 21.0. The van der Waals surface area contributed by atoms with E-state index >= 15 is 0 Å². The van der Waals surface area contributed by atoms with Crippen molar-refractivity contribution in [3.05, 3.63) is 46.6 Å². The number of aromatic hydroxyl groups is 1. The molecule has 2 aliphatic heterocycles. The predicted molar refractivity (Wildman–Crippen MR) is 148 cm³/mol. The second-order valence-electron chi connectivity index (χ2n) is 10.4. The molecule has 15 nitrogen and oxygen atoms in total. The van der Waals surface area contributed by atoms with Gasteiger partial charge in [-0.2, -0.15) is 0 Å². The van der Waals surface area contributed by atoms with Crippen molar-refractivity contribution in [3.8, 4) is 34.3 Å². The largest absolute Gasteiger partial charge is 0.504 e. The van der Waals surface area contributed by atoms with Gasteiger partial charge in [-0.15, -0.1) is 0 Å². The molecular formula is C29H34O15. The van der Waals surface area contributed by atoms with Gasteiger partial charge in [-0.25, -0.2) is 0 Å². The van der Waals surface area contributed by atoms with Crippen LogP contribution < -0.4 is 19.6 Å². The summed E-state index contributed by atoms with van der Waals surface area (Å²) in [5.41, 5.74) is -0.138. The van der Waals surface area contributed by atoms with E-state index in [1.165, 1.54) is 33.3 Å². The van der Waals surface area contributed by atoms with Crippen LogP contribution in [0.2, 0.25) is 0 Å². The van der Waals surface area contributed by atoms with E-state index in [2.05, 4.69) is 0 Å². The van der Waals surface area contributed by atoms with E-state index in [0.29, 0.717) is 11.3 Å². The standard InChI is InChI=1S/C29H34O15/c1-11-20(32)22(34)24(36)28(40-11)44-27-18(10-30)43-29(25(37)23(27)35)42-17-9-16-19(21(33)26(17)39-3)14(31)8-15(41-16)12-4-6-13(38-2)7-5-12/h4-9,11,18,20,22-25,27-30,32-37H,10H2,1-3H3/t11-,18+,20-,22+,23+,24+,25+,27+,28-,29+/m0/s1. The molecule has 10 atom stereocenters. The summed E-state index contributed by atoms with van der Waals surface area (Å²) in [6.45, 7) is 0.679. The second kappa shape index (κ2) is 12.8. The van der Waals surface area contributed by atoms with Crippen LogP contribution in [-0.2, 0) is 14.2 Å². The quantitative estimate of drug-likeness (QED) is 0.163. The molecule has 0 aliphatic carbocycles. The third-order valence-corrected chi connectivity index (χ3v) is 7.65. The fraction of sp³-hybridized carbons (Fsp3) is 0.483. The molecule has 2 fully saturated rings. The van der Waals surface area contributed by atoms with Gasteiger partial charge in [0.25, 0.3) is 0 Å². The summed E-state index contributed by atoms with van der Waals surface area (Å²) in [6, 6.07) is 9.13. The van der Waals surface area contributed by atoms with Gasteiger partial charge in [-0.3, -0.25) is 4.79 Å². The Labute approximate surface area is 249 Å². The summed E-state index contributed by atoms with van der Waals surface area (Å²) in [6.07, 6.45) is -15.4. The van der Waals surface area contributed by atoms with Gasteiger partial charge in [0.1, 0.15) is 65.2 Å². The lowest BCUT2D eigenvalue weighted by atomic mass is 9.97. The first kappa shape index (κ1) is 31.9. The van der Waals surface area contributed by atoms with Crippen molar-refractivity contribution in [1.82, 2.24) is 0 Å². The molecular weight excluding hydrogens is 588 g/mol. The van der Waals surface area contributed by atoms with Crippen LogP contribution >= 0.6 is 0 Å². The molecule has 44 heavy (non-hydrogen) atoms. The lowest BCUT2D eigenvalue weighted by Gasteiger charge is -2.45. The Hall–Kier alpha value is -3.51. The van der Waals surface area contributed by atoms with E-state index in [1.54, 1.807) is 24.3 Å². The van der Waals surface area contributed by atoms with Gasteiger partial charge in [-0.05, 0) is 31.2 Å². The van der Waals surface area contributed by atoms with Crippen LogP contribution in [-0.4, -0.2) is 118 Å². The van der Waals surface area contributed by atoms with E-state index in [1.807, 2.05) is 0 Å². The zero-order valence-electron chi connectivity index (χ0n) is 23.8. The van der Waals surface area contributed by atoms with Crippen LogP contribution in [0.15, 0.2) is 45.6 Å². The maximum atomic E-state index is 13.0. The second-order valence-corrected chi connectivity index (χ2v) is 10.4. The molecule has 3 aromatic rings. The third-order valence-electron chi connectivity index (χ3n) is 7.65. The van der Waals surface area contributed by atoms with E-state index in [-0.39, 0.29) is 28.2 Å². The molecule has 3 heterocycles. The van der Waals surface area contributed by atoms with E-state index < -0.39 is 79.2 Å². The number of hydrogen-bond donors (Lipinski definition) is 7. The minimum Gasteiger partial charge on any atom is -0.504 e. The minimum absolute atomic E-state index is 0.0966. The van der Waals surface area contributed by atoms with Gasteiger partial charge in [0.2, 0.25) is 12.0 Å². The topological polar surface area (TPSA) is 227 Å². The number of phenols is 1. The van der Waals surface area contributed by atoms with Crippen LogP contribution in [0.1, 0.15) is 6.92 Å². The minimum atomic E-state index is -1.84. The van der Waals surface area contributed by atoms with Gasteiger partial charge in [0.15, 0.2) is 23.2 Å². The third kappa shape index (κ3) is 5.81. The van der Waals surface area contributed by atoms with Gasteiger partial charge < -0.3 is 68.6 Å². The molecule has 2 aromatic carbocycles. The fourth-order valence-electron chi connectivity index (χ4n) is 5.17. The maximum Gasteiger partial charge on any atom is 0.229 e.